The molecule has 8 aromatic carbocycles. The average Bonchev–Trinajstić information content (AvgIpc) is 3.96. The van der Waals surface area contributed by atoms with Crippen molar-refractivity contribution in [2.24, 2.45) is 0 Å². The van der Waals surface area contributed by atoms with Gasteiger partial charge in [0.15, 0.2) is 17.5 Å². The third-order valence-corrected chi connectivity index (χ3v) is 11.1. The molecule has 0 fully saturated rings. The molecule has 266 valence electrons. The van der Waals surface area contributed by atoms with Crippen LogP contribution in [-0.2, 0) is 0 Å². The van der Waals surface area contributed by atoms with Crippen LogP contribution in [0.15, 0.2) is 191 Å². The number of rotatable bonds is 5. The number of aromatic nitrogens is 4. The second-order valence-corrected chi connectivity index (χ2v) is 14.3. The van der Waals surface area contributed by atoms with E-state index in [1.165, 1.54) is 10.8 Å². The zero-order valence-electron chi connectivity index (χ0n) is 30.4. The summed E-state index contributed by atoms with van der Waals surface area (Å²) in [6.45, 7) is 0. The van der Waals surface area contributed by atoms with Gasteiger partial charge in [0.05, 0.1) is 22.1 Å². The molecule has 0 radical (unpaired) electrons. The van der Waals surface area contributed by atoms with Crippen LogP contribution < -0.4 is 0 Å². The first-order valence-electron chi connectivity index (χ1n) is 19.0. The number of hydrogen-bond donors (Lipinski definition) is 0. The molecule has 0 aliphatic heterocycles. The molecule has 0 aliphatic rings. The van der Waals surface area contributed by atoms with Gasteiger partial charge in [0, 0.05) is 43.6 Å². The van der Waals surface area contributed by atoms with E-state index in [0.29, 0.717) is 17.5 Å². The lowest BCUT2D eigenvalue weighted by Crippen LogP contribution is -2.00. The maximum atomic E-state index is 6.64. The lowest BCUT2D eigenvalue weighted by Gasteiger charge is -2.12. The normalized spacial score (nSPS) is 11.9. The fraction of sp³-hybridized carbons (Fsp3) is 0. The van der Waals surface area contributed by atoms with E-state index in [2.05, 4.69) is 108 Å². The molecule has 12 aromatic rings. The number of nitrogens with zero attached hydrogens (tertiary/aromatic N) is 4. The highest BCUT2D eigenvalue weighted by Gasteiger charge is 2.22. The number of furan rings is 2. The van der Waals surface area contributed by atoms with E-state index in [1.807, 2.05) is 78.9 Å². The molecule has 4 heterocycles. The number of fused-ring (bicyclic) bond motifs is 9. The van der Waals surface area contributed by atoms with Crippen LogP contribution >= 0.6 is 0 Å². The van der Waals surface area contributed by atoms with Gasteiger partial charge in [-0.1, -0.05) is 127 Å². The first-order chi connectivity index (χ1) is 28.3. The van der Waals surface area contributed by atoms with Gasteiger partial charge >= 0.3 is 0 Å². The molecule has 0 saturated carbocycles. The fourth-order valence-electron chi connectivity index (χ4n) is 8.57. The maximum Gasteiger partial charge on any atom is 0.164 e. The van der Waals surface area contributed by atoms with Gasteiger partial charge in [0.1, 0.15) is 22.3 Å². The van der Waals surface area contributed by atoms with Crippen LogP contribution in [0.3, 0.4) is 0 Å². The SMILES string of the molecule is c1ccc(-c2nc(-c3ccc4oc5cccc(-c6ccccc6)c5c4c3)nc(-c3cccc4oc5cccc(-n6c7ccccc7c7ccccc76)c5c34)n2)cc1. The zero-order valence-corrected chi connectivity index (χ0v) is 30.4. The van der Waals surface area contributed by atoms with Crippen LogP contribution in [0.25, 0.3) is 117 Å². The van der Waals surface area contributed by atoms with Crippen molar-refractivity contribution in [1.29, 1.82) is 0 Å². The standard InChI is InChI=1S/C51H30N4O2/c1-3-14-31(15-4-1)34-20-11-25-43-46(34)38-30-33(28-29-42(38)56-43)50-52-49(32-16-5-2-6-17-32)53-51(54-50)37-21-12-26-44-47(37)48-41(24-13-27-45(48)57-44)55-39-22-9-7-18-35(39)36-19-8-10-23-40(36)55/h1-30H. The Morgan fingerprint density at radius 3 is 1.60 bits per heavy atom. The Balaban J connectivity index is 1.12. The Labute approximate surface area is 325 Å². The fourth-order valence-corrected chi connectivity index (χ4v) is 8.57. The van der Waals surface area contributed by atoms with Crippen LogP contribution in [0.2, 0.25) is 0 Å². The number of para-hydroxylation sites is 2. The van der Waals surface area contributed by atoms with Gasteiger partial charge in [0.2, 0.25) is 0 Å². The smallest absolute Gasteiger partial charge is 0.164 e. The van der Waals surface area contributed by atoms with Crippen LogP contribution in [0.1, 0.15) is 0 Å². The van der Waals surface area contributed by atoms with Gasteiger partial charge in [-0.05, 0) is 65.7 Å². The molecule has 12 rings (SSSR count). The Morgan fingerprint density at radius 1 is 0.333 bits per heavy atom. The monoisotopic (exact) mass is 730 g/mol. The van der Waals surface area contributed by atoms with Crippen molar-refractivity contribution in [3.8, 4) is 51.0 Å². The molecule has 0 atom stereocenters. The van der Waals surface area contributed by atoms with Crippen molar-refractivity contribution >= 4 is 65.7 Å². The molecule has 0 unspecified atom stereocenters. The van der Waals surface area contributed by atoms with Crippen molar-refractivity contribution < 1.29 is 8.83 Å². The van der Waals surface area contributed by atoms with Gasteiger partial charge in [-0.2, -0.15) is 0 Å². The summed E-state index contributed by atoms with van der Waals surface area (Å²) >= 11 is 0. The van der Waals surface area contributed by atoms with E-state index >= 15 is 0 Å². The van der Waals surface area contributed by atoms with E-state index in [-0.39, 0.29) is 0 Å². The Hall–Kier alpha value is -7.83. The number of hydrogen-bond acceptors (Lipinski definition) is 5. The lowest BCUT2D eigenvalue weighted by molar-refractivity contribution is 0.668. The summed E-state index contributed by atoms with van der Waals surface area (Å²) in [5, 5.41) is 6.41. The van der Waals surface area contributed by atoms with E-state index < -0.39 is 0 Å². The molecule has 0 aliphatic carbocycles. The molecule has 6 heteroatoms. The molecule has 0 amide bonds. The summed E-state index contributed by atoms with van der Waals surface area (Å²) in [5.74, 6) is 1.72. The summed E-state index contributed by atoms with van der Waals surface area (Å²) < 4.78 is 15.4. The average molecular weight is 731 g/mol. The third-order valence-electron chi connectivity index (χ3n) is 11.1. The summed E-state index contributed by atoms with van der Waals surface area (Å²) in [7, 11) is 0. The first-order valence-corrected chi connectivity index (χ1v) is 19.0. The summed E-state index contributed by atoms with van der Waals surface area (Å²) in [5.41, 5.74) is 11.4. The Kier molecular flexibility index (Phi) is 6.83. The minimum atomic E-state index is 0.561. The van der Waals surface area contributed by atoms with Gasteiger partial charge in [-0.25, -0.2) is 15.0 Å². The van der Waals surface area contributed by atoms with Gasteiger partial charge in [-0.15, -0.1) is 0 Å². The summed E-state index contributed by atoms with van der Waals surface area (Å²) in [6.07, 6.45) is 0. The van der Waals surface area contributed by atoms with Crippen molar-refractivity contribution in [1.82, 2.24) is 19.5 Å². The van der Waals surface area contributed by atoms with Crippen molar-refractivity contribution in [3.05, 3.63) is 182 Å². The van der Waals surface area contributed by atoms with Crippen LogP contribution in [0.4, 0.5) is 0 Å². The van der Waals surface area contributed by atoms with Gasteiger partial charge in [-0.3, -0.25) is 0 Å². The minimum absolute atomic E-state index is 0.561. The second kappa shape index (κ2) is 12.3. The first kappa shape index (κ1) is 31.5. The molecular weight excluding hydrogens is 701 g/mol. The van der Waals surface area contributed by atoms with E-state index in [4.69, 9.17) is 23.8 Å². The molecule has 4 aromatic heterocycles. The quantitative estimate of drug-likeness (QED) is 0.176. The van der Waals surface area contributed by atoms with Crippen LogP contribution in [0.5, 0.6) is 0 Å². The predicted molar refractivity (Wildman–Crippen MR) is 230 cm³/mol. The Morgan fingerprint density at radius 2 is 0.877 bits per heavy atom. The highest BCUT2D eigenvalue weighted by Crippen LogP contribution is 2.43. The lowest BCUT2D eigenvalue weighted by atomic mass is 9.99. The maximum absolute atomic E-state index is 6.64. The third kappa shape index (κ3) is 4.87. The molecule has 0 saturated heterocycles. The number of benzene rings is 8. The van der Waals surface area contributed by atoms with E-state index in [0.717, 1.165) is 88.4 Å². The largest absolute Gasteiger partial charge is 0.456 e. The molecular formula is C51H30N4O2. The molecule has 0 spiro atoms. The molecule has 0 N–H and O–H groups in total. The highest BCUT2D eigenvalue weighted by atomic mass is 16.3. The minimum Gasteiger partial charge on any atom is -0.456 e. The van der Waals surface area contributed by atoms with Crippen molar-refractivity contribution in [2.45, 2.75) is 0 Å². The Bertz CT molecular complexity index is 3470. The van der Waals surface area contributed by atoms with Crippen LogP contribution in [-0.4, -0.2) is 19.5 Å². The zero-order chi connectivity index (χ0) is 37.5. The summed E-state index contributed by atoms with van der Waals surface area (Å²) in [4.78, 5) is 15.6. The topological polar surface area (TPSA) is 69.9 Å². The second-order valence-electron chi connectivity index (χ2n) is 14.3. The van der Waals surface area contributed by atoms with Gasteiger partial charge < -0.3 is 13.4 Å². The molecule has 6 nitrogen and oxygen atoms in total. The van der Waals surface area contributed by atoms with Crippen LogP contribution in [0, 0.1) is 0 Å². The summed E-state index contributed by atoms with van der Waals surface area (Å²) in [6, 6.07) is 62.5. The molecule has 0 bridgehead atoms. The van der Waals surface area contributed by atoms with Crippen molar-refractivity contribution in [3.63, 3.8) is 0 Å². The van der Waals surface area contributed by atoms with E-state index in [1.54, 1.807) is 0 Å². The highest BCUT2D eigenvalue weighted by molar-refractivity contribution is 6.18. The molecule has 57 heavy (non-hydrogen) atoms. The van der Waals surface area contributed by atoms with Gasteiger partial charge in [0.25, 0.3) is 0 Å². The predicted octanol–water partition coefficient (Wildman–Crippen LogP) is 13.4. The van der Waals surface area contributed by atoms with Crippen molar-refractivity contribution in [2.75, 3.05) is 0 Å². The van der Waals surface area contributed by atoms with E-state index in [9.17, 15) is 0 Å².